The van der Waals surface area contributed by atoms with Crippen molar-refractivity contribution in [3.05, 3.63) is 23.4 Å². The van der Waals surface area contributed by atoms with Crippen LogP contribution in [0.2, 0.25) is 0 Å². The highest BCUT2D eigenvalue weighted by Crippen LogP contribution is 2.22. The highest BCUT2D eigenvalue weighted by atomic mass is 14.6. The molecule has 0 atom stereocenters. The zero-order valence-electron chi connectivity index (χ0n) is 5.85. The first kappa shape index (κ1) is 6.40. The molecule has 0 aromatic heterocycles. The Morgan fingerprint density at radius 3 is 2.67 bits per heavy atom. The normalized spacial score (nSPS) is 20.1. The summed E-state index contributed by atoms with van der Waals surface area (Å²) >= 11 is 0. The number of hydrogen-bond donors (Lipinski definition) is 1. The zero-order chi connectivity index (χ0) is 6.69. The molecule has 9 heavy (non-hydrogen) atoms. The monoisotopic (exact) mass is 123 g/mol. The van der Waals surface area contributed by atoms with Crippen LogP contribution in [-0.4, -0.2) is 0 Å². The maximum atomic E-state index is 5.69. The summed E-state index contributed by atoms with van der Waals surface area (Å²) in [6.07, 6.45) is 7.68. The fourth-order valence-corrected chi connectivity index (χ4v) is 1.18. The van der Waals surface area contributed by atoms with Crippen LogP contribution in [0.25, 0.3) is 0 Å². The molecule has 50 valence electrons. The van der Waals surface area contributed by atoms with E-state index in [1.54, 1.807) is 0 Å². The minimum atomic E-state index is 1.09. The quantitative estimate of drug-likeness (QED) is 0.566. The first-order valence-corrected chi connectivity index (χ1v) is 3.45. The topological polar surface area (TPSA) is 26.0 Å². The maximum Gasteiger partial charge on any atom is 0.0113 e. The van der Waals surface area contributed by atoms with Crippen LogP contribution in [0.15, 0.2) is 23.4 Å². The average Bonchev–Trinajstić information content (AvgIpc) is 2.18. The van der Waals surface area contributed by atoms with Gasteiger partial charge >= 0.3 is 0 Å². The van der Waals surface area contributed by atoms with Crippen molar-refractivity contribution >= 4 is 0 Å². The Morgan fingerprint density at radius 1 is 1.44 bits per heavy atom. The van der Waals surface area contributed by atoms with Gasteiger partial charge in [-0.3, -0.25) is 0 Å². The Morgan fingerprint density at radius 2 is 2.22 bits per heavy atom. The highest BCUT2D eigenvalue weighted by Gasteiger charge is 2.07. The van der Waals surface area contributed by atoms with Crippen molar-refractivity contribution in [2.24, 2.45) is 5.73 Å². The lowest BCUT2D eigenvalue weighted by Crippen LogP contribution is -1.93. The van der Waals surface area contributed by atoms with E-state index in [1.807, 2.05) is 13.0 Å². The summed E-state index contributed by atoms with van der Waals surface area (Å²) in [6, 6.07) is 0. The standard InChI is InChI=1S/C8H13N/c1-2-4-7-5-3-6-8(7)9/h2,4H,3,5-6,9H2,1H3/b4-2-. The predicted octanol–water partition coefficient (Wildman–Crippen LogP) is 1.96. The molecule has 1 rings (SSSR count). The Bertz CT molecular complexity index is 154. The SMILES string of the molecule is C/C=C\C1=C(N)CCC1. The summed E-state index contributed by atoms with van der Waals surface area (Å²) < 4.78 is 0. The van der Waals surface area contributed by atoms with E-state index in [0.717, 1.165) is 12.1 Å². The molecule has 0 saturated heterocycles. The van der Waals surface area contributed by atoms with E-state index in [9.17, 15) is 0 Å². The minimum Gasteiger partial charge on any atom is -0.402 e. The van der Waals surface area contributed by atoms with Gasteiger partial charge in [0.1, 0.15) is 0 Å². The van der Waals surface area contributed by atoms with Gasteiger partial charge in [0.15, 0.2) is 0 Å². The van der Waals surface area contributed by atoms with Gasteiger partial charge in [0, 0.05) is 5.70 Å². The van der Waals surface area contributed by atoms with E-state index in [1.165, 1.54) is 18.4 Å². The van der Waals surface area contributed by atoms with Crippen LogP contribution < -0.4 is 5.73 Å². The largest absolute Gasteiger partial charge is 0.402 e. The van der Waals surface area contributed by atoms with Gasteiger partial charge in [0.2, 0.25) is 0 Å². The van der Waals surface area contributed by atoms with Crippen LogP contribution in [0.1, 0.15) is 26.2 Å². The van der Waals surface area contributed by atoms with Gasteiger partial charge < -0.3 is 5.73 Å². The smallest absolute Gasteiger partial charge is 0.0113 e. The molecule has 0 aliphatic heterocycles. The molecular formula is C8H13N. The van der Waals surface area contributed by atoms with Crippen molar-refractivity contribution in [1.29, 1.82) is 0 Å². The molecule has 1 aliphatic carbocycles. The van der Waals surface area contributed by atoms with E-state index in [0.29, 0.717) is 0 Å². The molecule has 0 radical (unpaired) electrons. The molecule has 2 N–H and O–H groups in total. The highest BCUT2D eigenvalue weighted by molar-refractivity contribution is 5.27. The number of nitrogens with two attached hydrogens (primary N) is 1. The molecule has 0 aromatic carbocycles. The third-order valence-corrected chi connectivity index (χ3v) is 1.67. The van der Waals surface area contributed by atoms with Crippen molar-refractivity contribution in [2.45, 2.75) is 26.2 Å². The molecule has 1 heteroatoms. The molecule has 0 saturated carbocycles. The fourth-order valence-electron chi connectivity index (χ4n) is 1.18. The van der Waals surface area contributed by atoms with E-state index in [-0.39, 0.29) is 0 Å². The Balaban J connectivity index is 2.66. The first-order valence-electron chi connectivity index (χ1n) is 3.45. The lowest BCUT2D eigenvalue weighted by molar-refractivity contribution is 0.894. The van der Waals surface area contributed by atoms with Crippen molar-refractivity contribution in [3.8, 4) is 0 Å². The number of allylic oxidation sites excluding steroid dienone is 4. The second kappa shape index (κ2) is 2.72. The molecule has 1 nitrogen and oxygen atoms in total. The molecule has 0 amide bonds. The van der Waals surface area contributed by atoms with E-state index in [4.69, 9.17) is 5.73 Å². The van der Waals surface area contributed by atoms with Crippen molar-refractivity contribution in [2.75, 3.05) is 0 Å². The summed E-state index contributed by atoms with van der Waals surface area (Å²) in [5, 5.41) is 0. The van der Waals surface area contributed by atoms with Crippen molar-refractivity contribution in [1.82, 2.24) is 0 Å². The lowest BCUT2D eigenvalue weighted by atomic mass is 10.2. The second-order valence-corrected chi connectivity index (χ2v) is 2.40. The maximum absolute atomic E-state index is 5.69. The van der Waals surface area contributed by atoms with Crippen molar-refractivity contribution in [3.63, 3.8) is 0 Å². The summed E-state index contributed by atoms with van der Waals surface area (Å²) in [7, 11) is 0. The number of hydrogen-bond acceptors (Lipinski definition) is 1. The first-order chi connectivity index (χ1) is 4.34. The van der Waals surface area contributed by atoms with Crippen molar-refractivity contribution < 1.29 is 0 Å². The third kappa shape index (κ3) is 1.35. The van der Waals surface area contributed by atoms with E-state index < -0.39 is 0 Å². The minimum absolute atomic E-state index is 1.09. The summed E-state index contributed by atoms with van der Waals surface area (Å²) in [5.41, 5.74) is 8.13. The summed E-state index contributed by atoms with van der Waals surface area (Å²) in [4.78, 5) is 0. The molecule has 0 heterocycles. The predicted molar refractivity (Wildman–Crippen MR) is 39.9 cm³/mol. The van der Waals surface area contributed by atoms with Gasteiger partial charge in [-0.2, -0.15) is 0 Å². The van der Waals surface area contributed by atoms with Gasteiger partial charge in [0.25, 0.3) is 0 Å². The van der Waals surface area contributed by atoms with E-state index in [2.05, 4.69) is 6.08 Å². The molecular weight excluding hydrogens is 110 g/mol. The van der Waals surface area contributed by atoms with Gasteiger partial charge in [0.05, 0.1) is 0 Å². The van der Waals surface area contributed by atoms with Crippen LogP contribution in [0.5, 0.6) is 0 Å². The van der Waals surface area contributed by atoms with Crippen LogP contribution in [0, 0.1) is 0 Å². The van der Waals surface area contributed by atoms with Crippen LogP contribution in [0.4, 0.5) is 0 Å². The summed E-state index contributed by atoms with van der Waals surface area (Å²) in [5.74, 6) is 0. The van der Waals surface area contributed by atoms with Crippen LogP contribution >= 0.6 is 0 Å². The van der Waals surface area contributed by atoms with Gasteiger partial charge in [-0.25, -0.2) is 0 Å². The number of rotatable bonds is 1. The average molecular weight is 123 g/mol. The molecule has 0 fully saturated rings. The molecule has 1 aliphatic rings. The fraction of sp³-hybridized carbons (Fsp3) is 0.500. The molecule has 0 spiro atoms. The summed E-state index contributed by atoms with van der Waals surface area (Å²) in [6.45, 7) is 2.03. The lowest BCUT2D eigenvalue weighted by Gasteiger charge is -1.91. The van der Waals surface area contributed by atoms with Gasteiger partial charge in [-0.15, -0.1) is 0 Å². The zero-order valence-corrected chi connectivity index (χ0v) is 5.85. The Hall–Kier alpha value is -0.720. The van der Waals surface area contributed by atoms with Crippen LogP contribution in [-0.2, 0) is 0 Å². The van der Waals surface area contributed by atoms with Gasteiger partial charge in [-0.05, 0) is 31.8 Å². The second-order valence-electron chi connectivity index (χ2n) is 2.40. The van der Waals surface area contributed by atoms with E-state index >= 15 is 0 Å². The molecule has 0 aromatic rings. The van der Waals surface area contributed by atoms with Crippen LogP contribution in [0.3, 0.4) is 0 Å². The third-order valence-electron chi connectivity index (χ3n) is 1.67. The Labute approximate surface area is 56.2 Å². The Kier molecular flexibility index (Phi) is 1.93. The molecule has 0 unspecified atom stereocenters. The van der Waals surface area contributed by atoms with Gasteiger partial charge in [-0.1, -0.05) is 12.2 Å². The molecule has 0 bridgehead atoms.